The van der Waals surface area contributed by atoms with Gasteiger partial charge in [-0.05, 0) is 119 Å². The zero-order valence-electron chi connectivity index (χ0n) is 42.0. The van der Waals surface area contributed by atoms with E-state index in [1.807, 2.05) is 58.1 Å². The van der Waals surface area contributed by atoms with Crippen LogP contribution in [0.1, 0.15) is 132 Å². The number of aliphatic hydroxyl groups is 3. The first-order valence-corrected chi connectivity index (χ1v) is 24.9. The van der Waals surface area contributed by atoms with Crippen LogP contribution in [0.15, 0.2) is 47.6 Å². The third-order valence-electron chi connectivity index (χ3n) is 15.2. The standard InChI is InChI=1S/C53H83NO13/c1-32-16-12-11-13-17-33(2)44(63-8)30-41-22-19-38(7)53(62,67-41)50(59)51(60)54-24-15-14-18-42(54)52(61)66-45(35(4)28-39-20-21-40(23-25-55)46(29-39)64-9)31-43(56)34(3)27-37(6)48(58)49(65-10)47(57)36(5)26-32/h11-13,16-17,27,32,34-36,38-42,44-46,48-49,55,58,62H,14-15,18-26,28-31H2,1-10H3/b13-11+,16-12+,33-17+,37-27+/t32-,34-,35-,36-,38-,39?,40-,41+,42+,44?,45+,46-,48-,49?,53-/m1/s1. The minimum absolute atomic E-state index is 0.0208. The van der Waals surface area contributed by atoms with Crippen molar-refractivity contribution in [3.8, 4) is 0 Å². The van der Waals surface area contributed by atoms with Gasteiger partial charge in [0, 0.05) is 65.1 Å². The molecule has 1 saturated carbocycles. The van der Waals surface area contributed by atoms with Gasteiger partial charge in [-0.25, -0.2) is 4.79 Å². The average Bonchev–Trinajstić information content (AvgIpc) is 3.30. The first-order chi connectivity index (χ1) is 31.8. The summed E-state index contributed by atoms with van der Waals surface area (Å²) in [5.74, 6) is -7.55. The van der Waals surface area contributed by atoms with E-state index in [0.29, 0.717) is 56.9 Å². The lowest BCUT2D eigenvalue weighted by molar-refractivity contribution is -0.265. The van der Waals surface area contributed by atoms with Crippen LogP contribution in [0.3, 0.4) is 0 Å². The first-order valence-electron chi connectivity index (χ1n) is 24.9. The molecule has 0 spiro atoms. The summed E-state index contributed by atoms with van der Waals surface area (Å²) in [5.41, 5.74) is 1.28. The number of fused-ring (bicyclic) bond motifs is 3. The molecular formula is C53H83NO13. The Morgan fingerprint density at radius 2 is 1.60 bits per heavy atom. The number of carbonyl (C=O) groups excluding carboxylic acids is 5. The third kappa shape index (κ3) is 15.1. The molecule has 2 saturated heterocycles. The Labute approximate surface area is 399 Å². The molecule has 14 nitrogen and oxygen atoms in total. The molecule has 3 aliphatic heterocycles. The number of esters is 1. The van der Waals surface area contributed by atoms with Crippen LogP contribution in [0, 0.1) is 41.4 Å². The molecule has 67 heavy (non-hydrogen) atoms. The maximum absolute atomic E-state index is 14.4. The van der Waals surface area contributed by atoms with E-state index < -0.39 is 77.8 Å². The molecule has 2 bridgehead atoms. The molecule has 0 aromatic heterocycles. The highest BCUT2D eigenvalue weighted by Crippen LogP contribution is 2.39. The molecule has 15 atom stereocenters. The van der Waals surface area contributed by atoms with Gasteiger partial charge < -0.3 is 43.9 Å². The number of piperidine rings is 1. The Morgan fingerprint density at radius 1 is 0.866 bits per heavy atom. The number of cyclic esters (lactones) is 1. The number of ketones is 3. The molecule has 0 radical (unpaired) electrons. The zero-order valence-corrected chi connectivity index (χ0v) is 42.0. The van der Waals surface area contributed by atoms with Crippen LogP contribution < -0.4 is 0 Å². The second kappa shape index (κ2) is 26.6. The number of allylic oxidation sites excluding steroid dienone is 6. The topological polar surface area (TPSA) is 195 Å². The van der Waals surface area contributed by atoms with Crippen LogP contribution >= 0.6 is 0 Å². The van der Waals surface area contributed by atoms with Crippen LogP contribution in [0.5, 0.6) is 0 Å². The van der Waals surface area contributed by atoms with E-state index in [9.17, 15) is 39.3 Å². The van der Waals surface area contributed by atoms with E-state index in [1.165, 1.54) is 12.0 Å². The highest BCUT2D eigenvalue weighted by Gasteiger charge is 2.53. The van der Waals surface area contributed by atoms with Gasteiger partial charge in [0.05, 0.1) is 18.3 Å². The molecule has 3 fully saturated rings. The molecular weight excluding hydrogens is 859 g/mol. The van der Waals surface area contributed by atoms with Crippen LogP contribution in [-0.2, 0) is 47.7 Å². The maximum atomic E-state index is 14.4. The molecule has 0 aromatic rings. The second-order valence-electron chi connectivity index (χ2n) is 20.3. The van der Waals surface area contributed by atoms with E-state index in [0.717, 1.165) is 24.8 Å². The van der Waals surface area contributed by atoms with Crippen molar-refractivity contribution in [1.82, 2.24) is 4.90 Å². The molecule has 3 N–H and O–H groups in total. The number of methoxy groups -OCH3 is 3. The highest BCUT2D eigenvalue weighted by molar-refractivity contribution is 6.39. The number of aliphatic hydroxyl groups excluding tert-OH is 2. The van der Waals surface area contributed by atoms with Gasteiger partial charge in [-0.3, -0.25) is 19.2 Å². The summed E-state index contributed by atoms with van der Waals surface area (Å²) in [6.07, 6.45) is 13.5. The number of ether oxygens (including phenoxy) is 5. The molecule has 4 aliphatic rings. The molecule has 1 aliphatic carbocycles. The fraction of sp³-hybridized carbons (Fsp3) is 0.755. The van der Waals surface area contributed by atoms with Gasteiger partial charge in [-0.15, -0.1) is 0 Å². The Kier molecular flexibility index (Phi) is 22.3. The predicted molar refractivity (Wildman–Crippen MR) is 254 cm³/mol. The van der Waals surface area contributed by atoms with Crippen molar-refractivity contribution in [3.63, 3.8) is 0 Å². The lowest BCUT2D eigenvalue weighted by atomic mass is 9.74. The number of amides is 1. The van der Waals surface area contributed by atoms with Crippen molar-refractivity contribution >= 4 is 29.2 Å². The SMILES string of the molecule is COC1C[C@@H]2CC[C@@H](C)[C@@](O)(O2)C(=O)C(=O)N2CCCC[C@H]2C(=O)O[C@H]([C@H](C)CC2CC[C@H](CCO)[C@H](OC)C2)CC(=O)[C@H](C)/C=C(\C)[C@@H](O)C(OC)C(=O)[C@H](C)C[C@H](C)/C=C/C=C/C=C/1C. The fourth-order valence-electron chi connectivity index (χ4n) is 10.7. The van der Waals surface area contributed by atoms with Crippen molar-refractivity contribution in [2.75, 3.05) is 34.5 Å². The van der Waals surface area contributed by atoms with Gasteiger partial charge in [0.15, 0.2) is 5.78 Å². The molecule has 378 valence electrons. The van der Waals surface area contributed by atoms with Crippen molar-refractivity contribution < 1.29 is 63.0 Å². The third-order valence-corrected chi connectivity index (χ3v) is 15.2. The van der Waals surface area contributed by atoms with Crippen molar-refractivity contribution in [3.05, 3.63) is 47.6 Å². The van der Waals surface area contributed by atoms with Gasteiger partial charge in [0.25, 0.3) is 11.7 Å². The van der Waals surface area contributed by atoms with E-state index in [4.69, 9.17) is 23.7 Å². The molecule has 0 aromatic carbocycles. The van der Waals surface area contributed by atoms with Crippen molar-refractivity contribution in [2.45, 2.75) is 180 Å². The van der Waals surface area contributed by atoms with Crippen LogP contribution in [0.4, 0.5) is 0 Å². The van der Waals surface area contributed by atoms with Crippen LogP contribution in [0.25, 0.3) is 0 Å². The highest BCUT2D eigenvalue weighted by atomic mass is 16.6. The molecule has 3 heterocycles. The van der Waals surface area contributed by atoms with E-state index in [1.54, 1.807) is 41.1 Å². The van der Waals surface area contributed by atoms with E-state index >= 15 is 0 Å². The predicted octanol–water partition coefficient (Wildman–Crippen LogP) is 6.82. The number of hydrogen-bond donors (Lipinski definition) is 3. The summed E-state index contributed by atoms with van der Waals surface area (Å²) in [5, 5.41) is 33.1. The summed E-state index contributed by atoms with van der Waals surface area (Å²) >= 11 is 0. The number of hydrogen-bond acceptors (Lipinski definition) is 13. The lowest BCUT2D eigenvalue weighted by Crippen LogP contribution is -2.61. The van der Waals surface area contributed by atoms with Gasteiger partial charge >= 0.3 is 5.97 Å². The minimum atomic E-state index is -2.43. The second-order valence-corrected chi connectivity index (χ2v) is 20.3. The largest absolute Gasteiger partial charge is 0.460 e. The Hall–Kier alpha value is -3.37. The van der Waals surface area contributed by atoms with Crippen LogP contribution in [0.2, 0.25) is 0 Å². The average molecular weight is 942 g/mol. The van der Waals surface area contributed by atoms with Crippen LogP contribution in [-0.4, -0.2) is 132 Å². The lowest BCUT2D eigenvalue weighted by Gasteiger charge is -2.42. The summed E-state index contributed by atoms with van der Waals surface area (Å²) in [4.78, 5) is 72.1. The quantitative estimate of drug-likeness (QED) is 0.131. The van der Waals surface area contributed by atoms with Crippen molar-refractivity contribution in [1.29, 1.82) is 0 Å². The van der Waals surface area contributed by atoms with E-state index in [2.05, 4.69) is 0 Å². The number of rotatable bonds is 8. The van der Waals surface area contributed by atoms with Gasteiger partial charge in [0.2, 0.25) is 5.79 Å². The fourth-order valence-corrected chi connectivity index (χ4v) is 10.7. The summed E-state index contributed by atoms with van der Waals surface area (Å²) in [6, 6.07) is -1.13. The number of nitrogens with zero attached hydrogens (tertiary/aromatic N) is 1. The molecule has 3 unspecified atom stereocenters. The smallest absolute Gasteiger partial charge is 0.329 e. The summed E-state index contributed by atoms with van der Waals surface area (Å²) in [6.45, 7) is 12.9. The molecule has 4 rings (SSSR count). The number of Topliss-reactive ketones (excluding diaryl/α,β-unsaturated/α-hetero) is 3. The van der Waals surface area contributed by atoms with Gasteiger partial charge in [0.1, 0.15) is 30.1 Å². The normalized spacial score (nSPS) is 39.6. The summed E-state index contributed by atoms with van der Waals surface area (Å²) < 4.78 is 29.8. The summed E-state index contributed by atoms with van der Waals surface area (Å²) in [7, 11) is 4.64. The first kappa shape index (κ1) is 56.2. The Bertz CT molecular complexity index is 1790. The minimum Gasteiger partial charge on any atom is -0.460 e. The molecule has 1 amide bonds. The van der Waals surface area contributed by atoms with Gasteiger partial charge in [-0.2, -0.15) is 0 Å². The van der Waals surface area contributed by atoms with Crippen molar-refractivity contribution in [2.24, 2.45) is 41.4 Å². The zero-order chi connectivity index (χ0) is 49.6. The number of carbonyl (C=O) groups is 5. The Morgan fingerprint density at radius 3 is 2.27 bits per heavy atom. The Balaban J connectivity index is 1.70. The monoisotopic (exact) mass is 942 g/mol. The maximum Gasteiger partial charge on any atom is 0.329 e. The van der Waals surface area contributed by atoms with E-state index in [-0.39, 0.29) is 67.3 Å². The van der Waals surface area contributed by atoms with Gasteiger partial charge in [-0.1, -0.05) is 71.1 Å². The molecule has 14 heteroatoms.